The summed E-state index contributed by atoms with van der Waals surface area (Å²) in [7, 11) is -4.89. The minimum Gasteiger partial charge on any atom is -0.497 e. The second-order valence-corrected chi connectivity index (χ2v) is 9.34. The van der Waals surface area contributed by atoms with Crippen molar-refractivity contribution in [1.82, 2.24) is 3.97 Å². The molecule has 0 atom stereocenters. The van der Waals surface area contributed by atoms with Crippen molar-refractivity contribution in [3.05, 3.63) is 71.8 Å². The third-order valence-electron chi connectivity index (χ3n) is 5.36. The molecule has 0 fully saturated rings. The molecule has 0 saturated carbocycles. The highest BCUT2D eigenvalue weighted by atomic mass is 32.2. The van der Waals surface area contributed by atoms with E-state index in [2.05, 4.69) is 0 Å². The van der Waals surface area contributed by atoms with E-state index >= 15 is 0 Å². The molecule has 2 N–H and O–H groups in total. The van der Waals surface area contributed by atoms with E-state index in [4.69, 9.17) is 10.5 Å². The fourth-order valence-corrected chi connectivity index (χ4v) is 4.85. The van der Waals surface area contributed by atoms with Gasteiger partial charge in [0.15, 0.2) is 0 Å². The van der Waals surface area contributed by atoms with E-state index in [1.54, 1.807) is 25.1 Å². The summed E-state index contributed by atoms with van der Waals surface area (Å²) < 4.78 is 99.8. The maximum Gasteiger partial charge on any atom is 0.517 e. The van der Waals surface area contributed by atoms with E-state index in [0.29, 0.717) is 16.8 Å². The predicted octanol–water partition coefficient (Wildman–Crippen LogP) is 5.85. The third kappa shape index (κ3) is 3.75. The number of nitrogens with zero attached hydrogens (tertiary/aromatic N) is 1. The van der Waals surface area contributed by atoms with Crippen LogP contribution in [0.2, 0.25) is 0 Å². The summed E-state index contributed by atoms with van der Waals surface area (Å²) in [6.45, 7) is 1.78. The van der Waals surface area contributed by atoms with Gasteiger partial charge in [-0.05, 0) is 53.9 Å². The number of nitrogen functional groups attached to an aromatic ring is 1. The summed E-state index contributed by atoms with van der Waals surface area (Å²) in [6, 6.07) is 11.6. The first-order chi connectivity index (χ1) is 15.8. The quantitative estimate of drug-likeness (QED) is 0.284. The molecular weight excluding hydrogens is 479 g/mol. The van der Waals surface area contributed by atoms with Gasteiger partial charge in [-0.3, -0.25) is 0 Å². The molecule has 0 aliphatic heterocycles. The smallest absolute Gasteiger partial charge is 0.497 e. The van der Waals surface area contributed by atoms with Gasteiger partial charge in [0, 0.05) is 23.2 Å². The molecule has 5 nitrogen and oxygen atoms in total. The number of hydrogen-bond acceptors (Lipinski definition) is 4. The molecule has 0 radical (unpaired) electrons. The van der Waals surface area contributed by atoms with Gasteiger partial charge < -0.3 is 10.5 Å². The molecule has 4 aromatic rings. The lowest BCUT2D eigenvalue weighted by molar-refractivity contribution is -0.0444. The number of hydrogen-bond donors (Lipinski definition) is 1. The summed E-state index contributed by atoms with van der Waals surface area (Å²) in [5.41, 5.74) is 0.441. The van der Waals surface area contributed by atoms with Gasteiger partial charge in [-0.15, -0.1) is 0 Å². The van der Waals surface area contributed by atoms with E-state index in [1.807, 2.05) is 0 Å². The number of aromatic nitrogens is 1. The standard InChI is InChI=1S/C23H17F5N2O3S/c1-12-7-15(29)4-5-17(12)13-3-6-20-14(8-13)9-21(30(20)34(31,32)23(26,27)28)22-18(24)10-16(33-2)11-19(22)25/h3-11H,29H2,1-2H3. The molecule has 0 aliphatic rings. The van der Waals surface area contributed by atoms with Crippen molar-refractivity contribution in [3.63, 3.8) is 0 Å². The van der Waals surface area contributed by atoms with Crippen molar-refractivity contribution >= 4 is 26.6 Å². The van der Waals surface area contributed by atoms with Crippen molar-refractivity contribution in [3.8, 4) is 28.1 Å². The van der Waals surface area contributed by atoms with Gasteiger partial charge in [-0.25, -0.2) is 12.8 Å². The number of benzene rings is 3. The van der Waals surface area contributed by atoms with E-state index in [0.717, 1.165) is 36.9 Å². The fraction of sp³-hybridized carbons (Fsp3) is 0.130. The molecule has 0 spiro atoms. The van der Waals surface area contributed by atoms with Gasteiger partial charge >= 0.3 is 15.5 Å². The Morgan fingerprint density at radius 1 is 0.941 bits per heavy atom. The van der Waals surface area contributed by atoms with Gasteiger partial charge in [-0.1, -0.05) is 12.1 Å². The van der Waals surface area contributed by atoms with Crippen LogP contribution in [-0.2, 0) is 10.0 Å². The van der Waals surface area contributed by atoms with E-state index in [1.165, 1.54) is 12.1 Å². The molecule has 0 unspecified atom stereocenters. The van der Waals surface area contributed by atoms with Gasteiger partial charge in [0.1, 0.15) is 17.4 Å². The van der Waals surface area contributed by atoms with E-state index < -0.39 is 43.9 Å². The summed E-state index contributed by atoms with van der Waals surface area (Å²) >= 11 is 0. The van der Waals surface area contributed by atoms with E-state index in [9.17, 15) is 30.4 Å². The van der Waals surface area contributed by atoms with Crippen LogP contribution >= 0.6 is 0 Å². The Morgan fingerprint density at radius 3 is 2.15 bits per heavy atom. The number of methoxy groups -OCH3 is 1. The number of nitrogens with two attached hydrogens (primary N) is 1. The minimum absolute atomic E-state index is 0.0335. The lowest BCUT2D eigenvalue weighted by Gasteiger charge is -2.15. The van der Waals surface area contributed by atoms with Gasteiger partial charge in [0.2, 0.25) is 0 Å². The van der Waals surface area contributed by atoms with Crippen LogP contribution in [0.5, 0.6) is 5.75 Å². The van der Waals surface area contributed by atoms with Gasteiger partial charge in [0.05, 0.1) is 23.9 Å². The number of rotatable bonds is 4. The maximum atomic E-state index is 14.8. The van der Waals surface area contributed by atoms with Crippen molar-refractivity contribution < 1.29 is 35.1 Å². The first kappa shape index (κ1) is 23.6. The number of ether oxygens (including phenoxy) is 1. The Labute approximate surface area is 191 Å². The Kier molecular flexibility index (Phi) is 5.55. The van der Waals surface area contributed by atoms with Crippen LogP contribution in [0.25, 0.3) is 33.3 Å². The fourth-order valence-electron chi connectivity index (χ4n) is 3.82. The van der Waals surface area contributed by atoms with Crippen LogP contribution in [0.3, 0.4) is 0 Å². The van der Waals surface area contributed by atoms with Gasteiger partial charge in [-0.2, -0.15) is 21.6 Å². The zero-order chi connectivity index (χ0) is 25.0. The topological polar surface area (TPSA) is 74.3 Å². The third-order valence-corrected chi connectivity index (χ3v) is 6.82. The molecule has 3 aromatic carbocycles. The number of aryl methyl sites for hydroxylation is 1. The molecule has 0 saturated heterocycles. The zero-order valence-corrected chi connectivity index (χ0v) is 18.6. The molecular formula is C23H17F5N2O3S. The lowest BCUT2D eigenvalue weighted by atomic mass is 9.99. The van der Waals surface area contributed by atoms with Crippen molar-refractivity contribution in [2.45, 2.75) is 12.4 Å². The van der Waals surface area contributed by atoms with Crippen molar-refractivity contribution in [1.29, 1.82) is 0 Å². The number of alkyl halides is 3. The molecule has 0 amide bonds. The number of halogens is 5. The summed E-state index contributed by atoms with van der Waals surface area (Å²) in [5, 5.41) is 0.0335. The van der Waals surface area contributed by atoms with Crippen LogP contribution in [-0.4, -0.2) is 25.0 Å². The monoisotopic (exact) mass is 496 g/mol. The average molecular weight is 496 g/mol. The summed E-state index contributed by atoms with van der Waals surface area (Å²) in [6.07, 6.45) is 0. The second-order valence-electron chi connectivity index (χ2n) is 7.56. The summed E-state index contributed by atoms with van der Waals surface area (Å²) in [5.74, 6) is -2.79. The Morgan fingerprint density at radius 2 is 1.59 bits per heavy atom. The first-order valence-corrected chi connectivity index (χ1v) is 11.2. The molecule has 0 bridgehead atoms. The largest absolute Gasteiger partial charge is 0.517 e. The lowest BCUT2D eigenvalue weighted by Crippen LogP contribution is -2.30. The maximum absolute atomic E-state index is 14.8. The van der Waals surface area contributed by atoms with Crippen LogP contribution in [0.15, 0.2) is 54.6 Å². The highest BCUT2D eigenvalue weighted by molar-refractivity contribution is 7.91. The van der Waals surface area contributed by atoms with Crippen molar-refractivity contribution in [2.24, 2.45) is 0 Å². The Bertz CT molecular complexity index is 1520. The molecule has 11 heteroatoms. The normalized spacial score (nSPS) is 12.3. The summed E-state index contributed by atoms with van der Waals surface area (Å²) in [4.78, 5) is 0. The minimum atomic E-state index is -6.04. The second kappa shape index (κ2) is 8.01. The number of anilines is 1. The average Bonchev–Trinajstić information content (AvgIpc) is 3.11. The molecule has 178 valence electrons. The highest BCUT2D eigenvalue weighted by Crippen LogP contribution is 2.40. The number of fused-ring (bicyclic) bond motifs is 1. The Hall–Kier alpha value is -3.60. The first-order valence-electron chi connectivity index (χ1n) is 9.72. The van der Waals surface area contributed by atoms with Crippen molar-refractivity contribution in [2.75, 3.05) is 12.8 Å². The van der Waals surface area contributed by atoms with E-state index in [-0.39, 0.29) is 15.1 Å². The van der Waals surface area contributed by atoms with Crippen LogP contribution in [0.1, 0.15) is 5.56 Å². The SMILES string of the molecule is COc1cc(F)c(-c2cc3cc(-c4ccc(N)cc4C)ccc3n2S(=O)(=O)C(F)(F)F)c(F)c1. The Balaban J connectivity index is 2.07. The zero-order valence-electron chi connectivity index (χ0n) is 17.7. The van der Waals surface area contributed by atoms with Crippen LogP contribution in [0.4, 0.5) is 27.6 Å². The van der Waals surface area contributed by atoms with Crippen LogP contribution in [0, 0.1) is 18.6 Å². The molecule has 4 rings (SSSR count). The highest BCUT2D eigenvalue weighted by Gasteiger charge is 2.49. The molecule has 34 heavy (non-hydrogen) atoms. The molecule has 1 aromatic heterocycles. The van der Waals surface area contributed by atoms with Gasteiger partial charge in [0.25, 0.3) is 0 Å². The molecule has 0 aliphatic carbocycles. The van der Waals surface area contributed by atoms with Crippen LogP contribution < -0.4 is 10.5 Å². The predicted molar refractivity (Wildman–Crippen MR) is 119 cm³/mol. The molecule has 1 heterocycles.